The first kappa shape index (κ1) is 7.42. The van der Waals surface area contributed by atoms with Gasteiger partial charge in [0.05, 0.1) is 0 Å². The molecule has 0 rings (SSSR count). The molecule has 0 aliphatic rings. The van der Waals surface area contributed by atoms with E-state index in [4.69, 9.17) is 5.11 Å². The smallest absolute Gasteiger partial charge is 0.326 e. The summed E-state index contributed by atoms with van der Waals surface area (Å²) in [4.78, 5) is 18.5. The van der Waals surface area contributed by atoms with Gasteiger partial charge >= 0.3 is 5.97 Å². The van der Waals surface area contributed by atoms with Gasteiger partial charge in [0.1, 0.15) is 0 Å². The minimum absolute atomic E-state index is 0.891. The highest BCUT2D eigenvalue weighted by atomic mass is 79.9. The Kier molecular flexibility index (Phi) is 2.47. The van der Waals surface area contributed by atoms with E-state index in [1.807, 2.05) is 0 Å². The number of alkyl halides is 1. The zero-order chi connectivity index (χ0) is 6.73. The number of primary amides is 1. The third kappa shape index (κ3) is 1.92. The standard InChI is InChI=1S/C3H4BrNO3/c4-1(2(5)6)3(7)8/h1H,(H2,5,6)(H,7,8). The topological polar surface area (TPSA) is 80.4 Å². The number of hydrogen-bond acceptors (Lipinski definition) is 2. The minimum Gasteiger partial charge on any atom is -0.480 e. The number of amides is 1. The zero-order valence-corrected chi connectivity index (χ0v) is 5.38. The molecule has 0 aromatic carbocycles. The van der Waals surface area contributed by atoms with Gasteiger partial charge in [0.25, 0.3) is 0 Å². The molecule has 8 heavy (non-hydrogen) atoms. The second-order valence-electron chi connectivity index (χ2n) is 1.10. The van der Waals surface area contributed by atoms with Crippen molar-refractivity contribution in [2.24, 2.45) is 5.73 Å². The molecule has 0 radical (unpaired) electrons. The molecule has 5 heteroatoms. The van der Waals surface area contributed by atoms with Crippen LogP contribution in [0.5, 0.6) is 0 Å². The number of nitrogens with two attached hydrogens (primary N) is 1. The number of halogens is 1. The summed E-state index contributed by atoms with van der Waals surface area (Å²) >= 11 is 2.53. The Labute approximate surface area is 53.8 Å². The van der Waals surface area contributed by atoms with Gasteiger partial charge in [0.2, 0.25) is 5.91 Å². The molecule has 0 fully saturated rings. The molecule has 1 atom stereocenters. The SMILES string of the molecule is NC(=O)C(Br)C(=O)O. The normalized spacial score (nSPS) is 12.6. The van der Waals surface area contributed by atoms with Gasteiger partial charge in [-0.3, -0.25) is 9.59 Å². The second-order valence-corrected chi connectivity index (χ2v) is 2.02. The average Bonchev–Trinajstić information content (AvgIpc) is 1.64. The number of hydrogen-bond donors (Lipinski definition) is 2. The van der Waals surface area contributed by atoms with E-state index in [-0.39, 0.29) is 0 Å². The molecule has 0 spiro atoms. The van der Waals surface area contributed by atoms with Crippen molar-refractivity contribution < 1.29 is 14.7 Å². The summed E-state index contributed by atoms with van der Waals surface area (Å²) in [6.07, 6.45) is 0. The Morgan fingerprint density at radius 1 is 1.62 bits per heavy atom. The number of carbonyl (C=O) groups is 2. The summed E-state index contributed by atoms with van der Waals surface area (Å²) in [5, 5.41) is 8.00. The summed E-state index contributed by atoms with van der Waals surface area (Å²) in [7, 11) is 0. The lowest BCUT2D eigenvalue weighted by molar-refractivity contribution is -0.138. The summed E-state index contributed by atoms with van der Waals surface area (Å²) in [6, 6.07) is 0. The number of carboxylic acids is 1. The molecule has 0 bridgehead atoms. The van der Waals surface area contributed by atoms with Crippen LogP contribution in [0, 0.1) is 0 Å². The van der Waals surface area contributed by atoms with Gasteiger partial charge in [-0.25, -0.2) is 0 Å². The van der Waals surface area contributed by atoms with Crippen LogP contribution in [0.25, 0.3) is 0 Å². The van der Waals surface area contributed by atoms with Crippen LogP contribution in [0.15, 0.2) is 0 Å². The van der Waals surface area contributed by atoms with Crippen LogP contribution in [0.2, 0.25) is 0 Å². The van der Waals surface area contributed by atoms with Crippen molar-refractivity contribution in [3.63, 3.8) is 0 Å². The minimum atomic E-state index is -1.27. The van der Waals surface area contributed by atoms with E-state index in [0.717, 1.165) is 0 Å². The maximum atomic E-state index is 9.94. The van der Waals surface area contributed by atoms with Gasteiger partial charge in [0, 0.05) is 0 Å². The molecule has 0 aromatic heterocycles. The van der Waals surface area contributed by atoms with E-state index < -0.39 is 16.7 Å². The third-order valence-electron chi connectivity index (χ3n) is 0.467. The molecular formula is C3H4BrNO3. The van der Waals surface area contributed by atoms with Crippen LogP contribution >= 0.6 is 15.9 Å². The van der Waals surface area contributed by atoms with Gasteiger partial charge in [-0.05, 0) is 0 Å². The molecule has 1 unspecified atom stereocenters. The van der Waals surface area contributed by atoms with Gasteiger partial charge < -0.3 is 10.8 Å². The number of carbonyl (C=O) groups excluding carboxylic acids is 1. The molecule has 0 heterocycles. The van der Waals surface area contributed by atoms with Gasteiger partial charge in [-0.2, -0.15) is 0 Å². The Morgan fingerprint density at radius 3 is 2.00 bits per heavy atom. The highest BCUT2D eigenvalue weighted by Crippen LogP contribution is 1.95. The van der Waals surface area contributed by atoms with Gasteiger partial charge in [-0.1, -0.05) is 15.9 Å². The lowest BCUT2D eigenvalue weighted by Gasteiger charge is -1.93. The van der Waals surface area contributed by atoms with Crippen LogP contribution < -0.4 is 5.73 Å². The summed E-state index contributed by atoms with van der Waals surface area (Å²) < 4.78 is 0. The summed E-state index contributed by atoms with van der Waals surface area (Å²) in [5.41, 5.74) is 4.57. The molecule has 0 aliphatic carbocycles. The van der Waals surface area contributed by atoms with E-state index in [2.05, 4.69) is 21.7 Å². The molecule has 3 N–H and O–H groups in total. The Hall–Kier alpha value is -0.580. The van der Waals surface area contributed by atoms with Crippen molar-refractivity contribution in [3.05, 3.63) is 0 Å². The summed E-state index contributed by atoms with van der Waals surface area (Å²) in [5.74, 6) is -2.16. The fraction of sp³-hybridized carbons (Fsp3) is 0.333. The van der Waals surface area contributed by atoms with E-state index in [1.165, 1.54) is 0 Å². The Morgan fingerprint density at radius 2 is 2.00 bits per heavy atom. The predicted octanol–water partition coefficient (Wildman–Crippen LogP) is -0.680. The van der Waals surface area contributed by atoms with Gasteiger partial charge in [-0.15, -0.1) is 0 Å². The molecule has 0 aliphatic heterocycles. The molecular weight excluding hydrogens is 178 g/mol. The van der Waals surface area contributed by atoms with E-state index in [1.54, 1.807) is 0 Å². The van der Waals surface area contributed by atoms with Crippen molar-refractivity contribution >= 4 is 27.8 Å². The fourth-order valence-electron chi connectivity index (χ4n) is 0.122. The van der Waals surface area contributed by atoms with Crippen molar-refractivity contribution in [1.29, 1.82) is 0 Å². The maximum Gasteiger partial charge on any atom is 0.326 e. The largest absolute Gasteiger partial charge is 0.480 e. The Bertz CT molecular complexity index is 110. The van der Waals surface area contributed by atoms with Crippen LogP contribution in [0.4, 0.5) is 0 Å². The molecule has 4 nitrogen and oxygen atoms in total. The average molecular weight is 182 g/mol. The lowest BCUT2D eigenvalue weighted by atomic mass is 10.4. The van der Waals surface area contributed by atoms with Crippen molar-refractivity contribution in [2.45, 2.75) is 4.83 Å². The monoisotopic (exact) mass is 181 g/mol. The number of rotatable bonds is 2. The molecule has 0 saturated heterocycles. The fourth-order valence-corrected chi connectivity index (χ4v) is 0.122. The molecule has 0 saturated carbocycles. The van der Waals surface area contributed by atoms with Crippen molar-refractivity contribution in [2.75, 3.05) is 0 Å². The lowest BCUT2D eigenvalue weighted by Crippen LogP contribution is -2.30. The third-order valence-corrected chi connectivity index (χ3v) is 1.31. The van der Waals surface area contributed by atoms with Crippen LogP contribution in [-0.4, -0.2) is 21.8 Å². The van der Waals surface area contributed by atoms with Crippen LogP contribution in [-0.2, 0) is 9.59 Å². The Balaban J connectivity index is 3.83. The number of aliphatic carboxylic acids is 1. The quantitative estimate of drug-likeness (QED) is 0.438. The van der Waals surface area contributed by atoms with Crippen molar-refractivity contribution in [3.8, 4) is 0 Å². The first-order valence-electron chi connectivity index (χ1n) is 1.72. The van der Waals surface area contributed by atoms with E-state index in [9.17, 15) is 9.59 Å². The molecule has 46 valence electrons. The molecule has 0 aromatic rings. The maximum absolute atomic E-state index is 9.94. The van der Waals surface area contributed by atoms with E-state index in [0.29, 0.717) is 0 Å². The highest BCUT2D eigenvalue weighted by molar-refractivity contribution is 9.10. The van der Waals surface area contributed by atoms with Crippen LogP contribution in [0.3, 0.4) is 0 Å². The second kappa shape index (κ2) is 2.66. The first-order valence-corrected chi connectivity index (χ1v) is 2.63. The number of carboxylic acid groups (broad SMARTS) is 1. The van der Waals surface area contributed by atoms with E-state index >= 15 is 0 Å². The van der Waals surface area contributed by atoms with Gasteiger partial charge in [0.15, 0.2) is 4.83 Å². The predicted molar refractivity (Wildman–Crippen MR) is 29.5 cm³/mol. The van der Waals surface area contributed by atoms with Crippen LogP contribution in [0.1, 0.15) is 0 Å². The highest BCUT2D eigenvalue weighted by Gasteiger charge is 2.18. The zero-order valence-electron chi connectivity index (χ0n) is 3.80. The first-order chi connectivity index (χ1) is 3.55. The molecule has 1 amide bonds. The summed E-state index contributed by atoms with van der Waals surface area (Å²) in [6.45, 7) is 0. The van der Waals surface area contributed by atoms with Crippen molar-refractivity contribution in [1.82, 2.24) is 0 Å².